The highest BCUT2D eigenvalue weighted by Gasteiger charge is 2.20. The summed E-state index contributed by atoms with van der Waals surface area (Å²) in [6, 6.07) is 9.34. The summed E-state index contributed by atoms with van der Waals surface area (Å²) in [5.74, 6) is -1.91. The first-order valence-electron chi connectivity index (χ1n) is 13.9. The first-order valence-corrected chi connectivity index (χ1v) is 15.4. The molecule has 0 fully saturated rings. The fourth-order valence-electron chi connectivity index (χ4n) is 4.26. The van der Waals surface area contributed by atoms with Crippen molar-refractivity contribution in [3.63, 3.8) is 0 Å². The lowest BCUT2D eigenvalue weighted by atomic mass is 10.1. The summed E-state index contributed by atoms with van der Waals surface area (Å²) in [4.78, 5) is 76.9. The Labute approximate surface area is 301 Å². The molecule has 0 radical (unpaired) electrons. The van der Waals surface area contributed by atoms with Crippen LogP contribution in [0.2, 0.25) is 20.1 Å². The molecule has 0 atom stereocenters. The van der Waals surface area contributed by atoms with E-state index in [1.165, 1.54) is 57.7 Å². The predicted octanol–water partition coefficient (Wildman–Crippen LogP) is 6.31. The average molecular weight is 760 g/mol. The number of esters is 3. The Morgan fingerprint density at radius 2 is 1.06 bits per heavy atom. The van der Waals surface area contributed by atoms with Crippen molar-refractivity contribution >= 4 is 86.6 Å². The molecule has 0 aliphatic rings. The maximum Gasteiger partial charge on any atom is 0.310 e. The van der Waals surface area contributed by atoms with Crippen LogP contribution >= 0.6 is 46.4 Å². The molecule has 0 aliphatic carbocycles. The second-order valence-corrected chi connectivity index (χ2v) is 11.4. The van der Waals surface area contributed by atoms with Gasteiger partial charge in [0.1, 0.15) is 11.0 Å². The molecule has 2 aromatic carbocycles. The first-order chi connectivity index (χ1) is 23.7. The van der Waals surface area contributed by atoms with Crippen LogP contribution in [-0.2, 0) is 19.1 Å². The van der Waals surface area contributed by atoms with Crippen LogP contribution in [0.15, 0.2) is 70.8 Å². The van der Waals surface area contributed by atoms with Crippen molar-refractivity contribution in [2.75, 3.05) is 0 Å². The summed E-state index contributed by atoms with van der Waals surface area (Å²) in [5.41, 5.74) is 1.08. The van der Waals surface area contributed by atoms with Crippen LogP contribution in [0.3, 0.4) is 0 Å². The minimum atomic E-state index is -0.580. The number of aromatic nitrogens is 6. The molecule has 4 aromatic heterocycles. The number of rotatable bonds is 3. The minimum absolute atomic E-state index is 0.0303. The van der Waals surface area contributed by atoms with Crippen molar-refractivity contribution in [1.82, 2.24) is 29.9 Å². The Kier molecular flexibility index (Phi) is 12.2. The van der Waals surface area contributed by atoms with Gasteiger partial charge in [0.05, 0.1) is 31.2 Å². The van der Waals surface area contributed by atoms with Crippen LogP contribution in [0, 0.1) is 0 Å². The van der Waals surface area contributed by atoms with Gasteiger partial charge in [-0.25, -0.2) is 19.9 Å². The summed E-state index contributed by atoms with van der Waals surface area (Å²) in [6.07, 6.45) is 5.72. The van der Waals surface area contributed by atoms with E-state index in [0.717, 1.165) is 0 Å². The number of aromatic hydroxyl groups is 1. The van der Waals surface area contributed by atoms with Crippen LogP contribution in [0.1, 0.15) is 20.8 Å². The number of halogens is 4. The second-order valence-electron chi connectivity index (χ2n) is 9.78. The molecule has 0 aliphatic heterocycles. The van der Waals surface area contributed by atoms with E-state index in [9.17, 15) is 29.1 Å². The number of aromatic amines is 2. The van der Waals surface area contributed by atoms with E-state index in [-0.39, 0.29) is 50.0 Å². The molecule has 14 nitrogen and oxygen atoms in total. The number of carbonyl (C=O) groups excluding carboxylic acids is 3. The van der Waals surface area contributed by atoms with Gasteiger partial charge in [-0.3, -0.25) is 24.0 Å². The fraction of sp³-hybridized carbons (Fsp3) is 0.0938. The van der Waals surface area contributed by atoms with Gasteiger partial charge >= 0.3 is 17.9 Å². The minimum Gasteiger partial charge on any atom is -0.505 e. The van der Waals surface area contributed by atoms with Crippen molar-refractivity contribution in [1.29, 1.82) is 0 Å². The van der Waals surface area contributed by atoms with E-state index >= 15 is 0 Å². The Morgan fingerprint density at radius 1 is 0.620 bits per heavy atom. The predicted molar refractivity (Wildman–Crippen MR) is 187 cm³/mol. The molecule has 0 spiro atoms. The van der Waals surface area contributed by atoms with Crippen LogP contribution in [-0.4, -0.2) is 52.9 Å². The Morgan fingerprint density at radius 3 is 1.52 bits per heavy atom. The van der Waals surface area contributed by atoms with Gasteiger partial charge in [0.15, 0.2) is 22.8 Å². The summed E-state index contributed by atoms with van der Waals surface area (Å²) >= 11 is 23.7. The molecule has 3 N–H and O–H groups in total. The summed E-state index contributed by atoms with van der Waals surface area (Å²) in [7, 11) is 0. The number of fused-ring (bicyclic) bond motifs is 2. The summed E-state index contributed by atoms with van der Waals surface area (Å²) in [6.45, 7) is 3.60. The number of pyridine rings is 2. The molecule has 0 saturated carbocycles. The van der Waals surface area contributed by atoms with Gasteiger partial charge in [0, 0.05) is 45.6 Å². The number of nitrogens with one attached hydrogen (secondary N) is 2. The van der Waals surface area contributed by atoms with Crippen LogP contribution < -0.4 is 15.9 Å². The van der Waals surface area contributed by atoms with Gasteiger partial charge in [-0.05, 0) is 35.4 Å². The van der Waals surface area contributed by atoms with Gasteiger partial charge in [-0.2, -0.15) is 0 Å². The van der Waals surface area contributed by atoms with Gasteiger partial charge in [0.25, 0.3) is 11.1 Å². The van der Waals surface area contributed by atoms with Crippen molar-refractivity contribution in [2.45, 2.75) is 20.8 Å². The average Bonchev–Trinajstić information content (AvgIpc) is 3.04. The van der Waals surface area contributed by atoms with Gasteiger partial charge in [0.2, 0.25) is 0 Å². The maximum atomic E-state index is 12.4. The monoisotopic (exact) mass is 758 g/mol. The molecule has 0 unspecified atom stereocenters. The Bertz CT molecular complexity index is 2390. The molecule has 256 valence electrons. The third-order valence-corrected chi connectivity index (χ3v) is 7.65. The summed E-state index contributed by atoms with van der Waals surface area (Å²) in [5, 5.41) is 11.5. The zero-order chi connectivity index (χ0) is 36.7. The number of hydrogen-bond acceptors (Lipinski definition) is 12. The Balaban J connectivity index is 0.000000191. The van der Waals surface area contributed by atoms with Gasteiger partial charge in [-0.15, -0.1) is 0 Å². The van der Waals surface area contributed by atoms with Crippen molar-refractivity contribution < 1.29 is 29.0 Å². The van der Waals surface area contributed by atoms with E-state index in [0.29, 0.717) is 26.2 Å². The third-order valence-electron chi connectivity index (χ3n) is 6.17. The van der Waals surface area contributed by atoms with Crippen LogP contribution in [0.25, 0.3) is 44.6 Å². The van der Waals surface area contributed by atoms with E-state index < -0.39 is 29.0 Å². The van der Waals surface area contributed by atoms with E-state index in [2.05, 4.69) is 34.6 Å². The first kappa shape index (κ1) is 37.4. The van der Waals surface area contributed by atoms with E-state index in [1.54, 1.807) is 24.3 Å². The summed E-state index contributed by atoms with van der Waals surface area (Å²) < 4.78 is 9.20. The lowest BCUT2D eigenvalue weighted by Gasteiger charge is -2.11. The number of benzene rings is 2. The number of carbonyl (C=O) groups is 3. The Hall–Kier alpha value is -5.41. The smallest absolute Gasteiger partial charge is 0.310 e. The fourth-order valence-corrected chi connectivity index (χ4v) is 4.86. The number of hydrogen-bond donors (Lipinski definition) is 3. The molecule has 0 saturated heterocycles. The molecule has 0 bridgehead atoms. The van der Waals surface area contributed by atoms with E-state index in [1.807, 2.05) is 0 Å². The van der Waals surface area contributed by atoms with Crippen LogP contribution in [0.4, 0.5) is 0 Å². The number of ether oxygens (including phenoxy) is 2. The molecule has 18 heteroatoms. The van der Waals surface area contributed by atoms with Gasteiger partial charge in [-0.1, -0.05) is 58.5 Å². The topological polar surface area (TPSA) is 207 Å². The zero-order valence-electron chi connectivity index (χ0n) is 25.9. The molecule has 50 heavy (non-hydrogen) atoms. The van der Waals surface area contributed by atoms with E-state index in [4.69, 9.17) is 51.1 Å². The standard InChI is InChI=1S/C15H9Cl2N3O3.C13H7Cl2N3O2.C4H6O3/c1-7(21)23-13-11(8-2-3-9(16)10(17)6-8)15(22)20-14-12(13)18-4-5-19-14;14-7-2-1-6(5-8(7)15)9-11(19)10-12(18-13(9)20)17-4-3-16-10;1-3(5)7-4(2)6/h2-6H,1H3,(H,19,20,22);1-5H,(H2,17,18,19,20);1-2H3. The lowest BCUT2D eigenvalue weighted by molar-refractivity contribution is -0.156. The second kappa shape index (κ2) is 16.3. The van der Waals surface area contributed by atoms with Crippen molar-refractivity contribution in [2.24, 2.45) is 0 Å². The largest absolute Gasteiger partial charge is 0.505 e. The highest BCUT2D eigenvalue weighted by Crippen LogP contribution is 2.35. The lowest BCUT2D eigenvalue weighted by Crippen LogP contribution is -2.15. The highest BCUT2D eigenvalue weighted by molar-refractivity contribution is 6.42. The van der Waals surface area contributed by atoms with Gasteiger partial charge < -0.3 is 24.5 Å². The van der Waals surface area contributed by atoms with Crippen LogP contribution in [0.5, 0.6) is 11.5 Å². The SMILES string of the molecule is CC(=O)OC(C)=O.CC(=O)Oc1c(-c2ccc(Cl)c(Cl)c2)c(=O)[nH]c2nccnc12.O=c1[nH]c2nccnc2c(O)c1-c1ccc(Cl)c(Cl)c1. The molecule has 6 aromatic rings. The molecular formula is C32H22Cl4N6O8. The number of H-pyrrole nitrogens is 2. The maximum absolute atomic E-state index is 12.4. The molecule has 0 amide bonds. The van der Waals surface area contributed by atoms with Crippen molar-refractivity contribution in [3.05, 3.63) is 102 Å². The zero-order valence-corrected chi connectivity index (χ0v) is 28.9. The van der Waals surface area contributed by atoms with Crippen molar-refractivity contribution in [3.8, 4) is 33.8 Å². The number of nitrogens with zero attached hydrogens (tertiary/aromatic N) is 4. The normalized spacial score (nSPS) is 10.4. The molecular weight excluding hydrogens is 738 g/mol. The molecule has 4 heterocycles. The molecule has 6 rings (SSSR count). The third kappa shape index (κ3) is 8.98. The quantitative estimate of drug-likeness (QED) is 0.134. The highest BCUT2D eigenvalue weighted by atomic mass is 35.5.